The first-order valence-electron chi connectivity index (χ1n) is 7.11. The quantitative estimate of drug-likeness (QED) is 0.853. The Hall–Kier alpha value is -1.57. The zero-order chi connectivity index (χ0) is 13.6. The van der Waals surface area contributed by atoms with E-state index in [1.54, 1.807) is 6.33 Å². The Morgan fingerprint density at radius 3 is 2.68 bits per heavy atom. The summed E-state index contributed by atoms with van der Waals surface area (Å²) < 4.78 is 0. The fourth-order valence-corrected chi connectivity index (χ4v) is 3.75. The third kappa shape index (κ3) is 1.73. The molecule has 2 aromatic rings. The highest BCUT2D eigenvalue weighted by Crippen LogP contribution is 2.54. The minimum atomic E-state index is 0.246. The largest absolute Gasteiger partial charge is 0.348 e. The Balaban J connectivity index is 2.08. The standard InChI is InChI=1S/C17H22N2/c1-11(15-9-18-10-19-15)16-12(2)17(3,4)14-8-6-5-7-13(14)16/h5-12,16H,1-4H3,(H,18,19). The van der Waals surface area contributed by atoms with Gasteiger partial charge in [-0.25, -0.2) is 4.98 Å². The molecule has 1 aromatic carbocycles. The van der Waals surface area contributed by atoms with Crippen molar-refractivity contribution in [1.82, 2.24) is 9.97 Å². The summed E-state index contributed by atoms with van der Waals surface area (Å²) in [6.45, 7) is 9.44. The number of imidazole rings is 1. The number of rotatable bonds is 2. The smallest absolute Gasteiger partial charge is 0.0921 e. The highest BCUT2D eigenvalue weighted by Gasteiger charge is 2.45. The van der Waals surface area contributed by atoms with Gasteiger partial charge in [0, 0.05) is 17.8 Å². The molecule has 0 saturated heterocycles. The van der Waals surface area contributed by atoms with Crippen molar-refractivity contribution >= 4 is 0 Å². The van der Waals surface area contributed by atoms with Crippen molar-refractivity contribution in [2.45, 2.75) is 44.9 Å². The van der Waals surface area contributed by atoms with Crippen LogP contribution in [0.15, 0.2) is 36.8 Å². The van der Waals surface area contributed by atoms with Gasteiger partial charge in [0.25, 0.3) is 0 Å². The number of hydrogen-bond acceptors (Lipinski definition) is 1. The van der Waals surface area contributed by atoms with Crippen LogP contribution in [0.25, 0.3) is 0 Å². The van der Waals surface area contributed by atoms with Crippen LogP contribution in [0.2, 0.25) is 0 Å². The summed E-state index contributed by atoms with van der Waals surface area (Å²) in [4.78, 5) is 7.46. The van der Waals surface area contributed by atoms with E-state index in [0.717, 1.165) is 0 Å². The van der Waals surface area contributed by atoms with Crippen LogP contribution < -0.4 is 0 Å². The number of benzene rings is 1. The maximum Gasteiger partial charge on any atom is 0.0921 e. The van der Waals surface area contributed by atoms with Crippen molar-refractivity contribution in [3.63, 3.8) is 0 Å². The van der Waals surface area contributed by atoms with E-state index in [-0.39, 0.29) is 5.41 Å². The van der Waals surface area contributed by atoms with Crippen LogP contribution in [0.5, 0.6) is 0 Å². The lowest BCUT2D eigenvalue weighted by atomic mass is 9.73. The third-order valence-corrected chi connectivity index (χ3v) is 5.24. The van der Waals surface area contributed by atoms with Crippen molar-refractivity contribution in [3.8, 4) is 0 Å². The topological polar surface area (TPSA) is 28.7 Å². The lowest BCUT2D eigenvalue weighted by molar-refractivity contribution is 0.306. The van der Waals surface area contributed by atoms with E-state index in [2.05, 4.69) is 61.9 Å². The average Bonchev–Trinajstić information content (AvgIpc) is 2.98. The van der Waals surface area contributed by atoms with Crippen molar-refractivity contribution < 1.29 is 0 Å². The van der Waals surface area contributed by atoms with E-state index in [0.29, 0.717) is 17.8 Å². The minimum Gasteiger partial charge on any atom is -0.348 e. The number of H-pyrrole nitrogens is 1. The lowest BCUT2D eigenvalue weighted by Crippen LogP contribution is -2.25. The molecule has 1 aliphatic rings. The summed E-state index contributed by atoms with van der Waals surface area (Å²) in [6.07, 6.45) is 3.74. The van der Waals surface area contributed by atoms with Crippen LogP contribution in [0, 0.1) is 5.92 Å². The van der Waals surface area contributed by atoms with E-state index in [4.69, 9.17) is 0 Å². The predicted molar refractivity (Wildman–Crippen MR) is 78.4 cm³/mol. The molecule has 3 atom stereocenters. The molecule has 3 unspecified atom stereocenters. The summed E-state index contributed by atoms with van der Waals surface area (Å²) in [5, 5.41) is 0. The zero-order valence-corrected chi connectivity index (χ0v) is 12.1. The third-order valence-electron chi connectivity index (χ3n) is 5.24. The molecule has 1 aliphatic carbocycles. The fourth-order valence-electron chi connectivity index (χ4n) is 3.75. The van der Waals surface area contributed by atoms with Crippen LogP contribution >= 0.6 is 0 Å². The van der Waals surface area contributed by atoms with E-state index in [9.17, 15) is 0 Å². The van der Waals surface area contributed by atoms with Crippen LogP contribution in [0.4, 0.5) is 0 Å². The molecule has 2 heteroatoms. The molecule has 1 heterocycles. The van der Waals surface area contributed by atoms with Gasteiger partial charge in [-0.05, 0) is 28.4 Å². The second kappa shape index (κ2) is 4.22. The Morgan fingerprint density at radius 1 is 1.26 bits per heavy atom. The first kappa shape index (κ1) is 12.5. The minimum absolute atomic E-state index is 0.246. The molecular weight excluding hydrogens is 232 g/mol. The Labute approximate surface area is 115 Å². The Kier molecular flexibility index (Phi) is 2.77. The van der Waals surface area contributed by atoms with Gasteiger partial charge in [-0.1, -0.05) is 52.0 Å². The van der Waals surface area contributed by atoms with Crippen molar-refractivity contribution in [2.24, 2.45) is 5.92 Å². The summed E-state index contributed by atoms with van der Waals surface area (Å²) in [5.74, 6) is 1.66. The molecule has 1 N–H and O–H groups in total. The number of hydrogen-bond donors (Lipinski definition) is 1. The molecule has 0 spiro atoms. The molecule has 1 aromatic heterocycles. The number of aromatic nitrogens is 2. The second-order valence-corrected chi connectivity index (χ2v) is 6.42. The van der Waals surface area contributed by atoms with Crippen molar-refractivity contribution in [2.75, 3.05) is 0 Å². The van der Waals surface area contributed by atoms with Crippen molar-refractivity contribution in [3.05, 3.63) is 53.6 Å². The number of fused-ring (bicyclic) bond motifs is 1. The number of nitrogens with zero attached hydrogens (tertiary/aromatic N) is 1. The predicted octanol–water partition coefficient (Wildman–Crippen LogP) is 4.22. The fraction of sp³-hybridized carbons (Fsp3) is 0.471. The monoisotopic (exact) mass is 254 g/mol. The first-order chi connectivity index (χ1) is 9.03. The normalized spacial score (nSPS) is 26.1. The highest BCUT2D eigenvalue weighted by atomic mass is 14.9. The molecule has 0 saturated carbocycles. The molecular formula is C17H22N2. The van der Waals surface area contributed by atoms with Crippen LogP contribution in [0.3, 0.4) is 0 Å². The van der Waals surface area contributed by atoms with Gasteiger partial charge in [0.2, 0.25) is 0 Å². The molecule has 2 nitrogen and oxygen atoms in total. The summed E-state index contributed by atoms with van der Waals surface area (Å²) in [7, 11) is 0. The maximum absolute atomic E-state index is 4.18. The van der Waals surface area contributed by atoms with Gasteiger partial charge in [-0.2, -0.15) is 0 Å². The van der Waals surface area contributed by atoms with Crippen LogP contribution in [-0.2, 0) is 5.41 Å². The van der Waals surface area contributed by atoms with Gasteiger partial charge in [-0.3, -0.25) is 0 Å². The van der Waals surface area contributed by atoms with Gasteiger partial charge in [0.15, 0.2) is 0 Å². The summed E-state index contributed by atoms with van der Waals surface area (Å²) in [6, 6.07) is 8.93. The SMILES string of the molecule is CC(c1cnc[nH]1)C1c2ccccc2C(C)(C)C1C. The summed E-state index contributed by atoms with van der Waals surface area (Å²) >= 11 is 0. The van der Waals surface area contributed by atoms with Gasteiger partial charge < -0.3 is 4.98 Å². The number of aromatic amines is 1. The van der Waals surface area contributed by atoms with E-state index < -0.39 is 0 Å². The van der Waals surface area contributed by atoms with Gasteiger partial charge in [0.05, 0.1) is 6.33 Å². The summed E-state index contributed by atoms with van der Waals surface area (Å²) in [5.41, 5.74) is 4.51. The highest BCUT2D eigenvalue weighted by molar-refractivity contribution is 5.44. The van der Waals surface area contributed by atoms with Gasteiger partial charge in [0.1, 0.15) is 0 Å². The number of nitrogens with one attached hydrogen (secondary N) is 1. The molecule has 0 radical (unpaired) electrons. The first-order valence-corrected chi connectivity index (χ1v) is 7.11. The Morgan fingerprint density at radius 2 is 2.00 bits per heavy atom. The molecule has 100 valence electrons. The Bertz CT molecular complexity index is 569. The van der Waals surface area contributed by atoms with Gasteiger partial charge >= 0.3 is 0 Å². The van der Waals surface area contributed by atoms with Crippen molar-refractivity contribution in [1.29, 1.82) is 0 Å². The molecule has 19 heavy (non-hydrogen) atoms. The molecule has 0 aliphatic heterocycles. The average molecular weight is 254 g/mol. The molecule has 0 bridgehead atoms. The maximum atomic E-state index is 4.18. The zero-order valence-electron chi connectivity index (χ0n) is 12.1. The van der Waals surface area contributed by atoms with E-state index in [1.165, 1.54) is 16.8 Å². The lowest BCUT2D eigenvalue weighted by Gasteiger charge is -2.30. The second-order valence-electron chi connectivity index (χ2n) is 6.42. The van der Waals surface area contributed by atoms with E-state index in [1.807, 2.05) is 6.20 Å². The molecule has 0 amide bonds. The van der Waals surface area contributed by atoms with Gasteiger partial charge in [-0.15, -0.1) is 0 Å². The van der Waals surface area contributed by atoms with Crippen LogP contribution in [0.1, 0.15) is 56.4 Å². The molecule has 3 rings (SSSR count). The van der Waals surface area contributed by atoms with E-state index >= 15 is 0 Å². The van der Waals surface area contributed by atoms with Crippen LogP contribution in [-0.4, -0.2) is 9.97 Å². The molecule has 0 fully saturated rings.